The number of ether oxygens (including phenoxy) is 2. The number of aliphatic hydroxyl groups is 1. The second-order valence-electron chi connectivity index (χ2n) is 9.60. The molecule has 32 heavy (non-hydrogen) atoms. The molecule has 176 valence electrons. The van der Waals surface area contributed by atoms with Crippen LogP contribution in [0.25, 0.3) is 0 Å². The summed E-state index contributed by atoms with van der Waals surface area (Å²) >= 11 is 0. The van der Waals surface area contributed by atoms with E-state index in [4.69, 9.17) is 9.47 Å². The maximum absolute atomic E-state index is 13.2. The van der Waals surface area contributed by atoms with E-state index < -0.39 is 11.5 Å². The maximum Gasteiger partial charge on any atom is 0.312 e. The normalized spacial score (nSPS) is 21.3. The highest BCUT2D eigenvalue weighted by Gasteiger charge is 2.43. The van der Waals surface area contributed by atoms with Gasteiger partial charge in [0.05, 0.1) is 25.0 Å². The van der Waals surface area contributed by atoms with Gasteiger partial charge in [0.25, 0.3) is 0 Å². The van der Waals surface area contributed by atoms with Crippen molar-refractivity contribution >= 4 is 11.9 Å². The molecule has 0 amide bonds. The highest BCUT2D eigenvalue weighted by atomic mass is 16.5. The van der Waals surface area contributed by atoms with Crippen LogP contribution in [-0.2, 0) is 25.7 Å². The number of aliphatic hydroxyl groups excluding tert-OH is 1. The van der Waals surface area contributed by atoms with E-state index in [2.05, 4.69) is 0 Å². The van der Waals surface area contributed by atoms with Gasteiger partial charge in [0.2, 0.25) is 0 Å². The van der Waals surface area contributed by atoms with E-state index in [1.165, 1.54) is 39.2 Å². The van der Waals surface area contributed by atoms with Crippen LogP contribution in [0.15, 0.2) is 42.0 Å². The lowest BCUT2D eigenvalue weighted by molar-refractivity contribution is -0.162. The Labute approximate surface area is 192 Å². The van der Waals surface area contributed by atoms with E-state index in [9.17, 15) is 14.7 Å². The SMILES string of the molecule is COC(=O)[C@](CCC1CCCCC1)(CC(=O)OCc1ccccc1)CC1=C[C@@H](O)CCC1. The standard InChI is InChI=1S/C27H38O5/c1-31-26(30)27(16-15-21-9-4-2-5-10-21,18-23-13-8-14-24(28)17-23)19-25(29)32-20-22-11-6-3-7-12-22/h3,6-7,11-12,17,21,24,28H,2,4-5,8-10,13-16,18-20H2,1H3/t24-,27-/m0/s1. The molecule has 3 rings (SSSR count). The number of benzene rings is 1. The molecule has 2 aliphatic rings. The fraction of sp³-hybridized carbons (Fsp3) is 0.630. The molecule has 0 bridgehead atoms. The third kappa shape index (κ3) is 7.19. The van der Waals surface area contributed by atoms with Crippen LogP contribution in [0.4, 0.5) is 0 Å². The first-order valence-corrected chi connectivity index (χ1v) is 12.2. The van der Waals surface area contributed by atoms with Crippen LogP contribution in [-0.4, -0.2) is 30.3 Å². The second kappa shape index (κ2) is 12.2. The fourth-order valence-corrected chi connectivity index (χ4v) is 5.28. The summed E-state index contributed by atoms with van der Waals surface area (Å²) in [5.74, 6) is -0.121. The van der Waals surface area contributed by atoms with Crippen LogP contribution >= 0.6 is 0 Å². The van der Waals surface area contributed by atoms with Gasteiger partial charge in [-0.1, -0.05) is 74.1 Å². The number of methoxy groups -OCH3 is 1. The van der Waals surface area contributed by atoms with Crippen molar-refractivity contribution in [3.63, 3.8) is 0 Å². The van der Waals surface area contributed by atoms with Crippen LogP contribution in [0.1, 0.15) is 82.6 Å². The summed E-state index contributed by atoms with van der Waals surface area (Å²) in [6.45, 7) is 0.195. The van der Waals surface area contributed by atoms with Crippen LogP contribution < -0.4 is 0 Å². The number of hydrogen-bond donors (Lipinski definition) is 1. The van der Waals surface area contributed by atoms with Gasteiger partial charge in [-0.05, 0) is 50.0 Å². The van der Waals surface area contributed by atoms with Crippen LogP contribution in [0.2, 0.25) is 0 Å². The monoisotopic (exact) mass is 442 g/mol. The Kier molecular flexibility index (Phi) is 9.34. The first kappa shape index (κ1) is 24.5. The molecule has 2 atom stereocenters. The van der Waals surface area contributed by atoms with Gasteiger partial charge in [-0.3, -0.25) is 9.59 Å². The van der Waals surface area contributed by atoms with Gasteiger partial charge in [-0.25, -0.2) is 0 Å². The highest BCUT2D eigenvalue weighted by molar-refractivity contribution is 5.83. The predicted molar refractivity (Wildman–Crippen MR) is 124 cm³/mol. The molecule has 5 heteroatoms. The molecule has 1 N–H and O–H groups in total. The zero-order chi connectivity index (χ0) is 22.8. The first-order chi connectivity index (χ1) is 15.5. The van der Waals surface area contributed by atoms with Crippen molar-refractivity contribution in [3.8, 4) is 0 Å². The van der Waals surface area contributed by atoms with Crippen molar-refractivity contribution in [2.24, 2.45) is 11.3 Å². The summed E-state index contributed by atoms with van der Waals surface area (Å²) in [6, 6.07) is 9.57. The molecule has 2 aliphatic carbocycles. The number of allylic oxidation sites excluding steroid dienone is 1. The minimum Gasteiger partial charge on any atom is -0.469 e. The quantitative estimate of drug-likeness (QED) is 0.382. The number of rotatable bonds is 10. The zero-order valence-electron chi connectivity index (χ0n) is 19.4. The number of carbonyl (C=O) groups excluding carboxylic acids is 2. The Hall–Kier alpha value is -2.14. The average Bonchev–Trinajstić information content (AvgIpc) is 2.82. The van der Waals surface area contributed by atoms with Gasteiger partial charge in [0.1, 0.15) is 6.61 Å². The topological polar surface area (TPSA) is 72.8 Å². The average molecular weight is 443 g/mol. The van der Waals surface area contributed by atoms with Crippen molar-refractivity contribution in [1.29, 1.82) is 0 Å². The first-order valence-electron chi connectivity index (χ1n) is 12.2. The molecule has 0 aliphatic heterocycles. The number of esters is 2. The van der Waals surface area contributed by atoms with Crippen molar-refractivity contribution in [2.75, 3.05) is 7.11 Å². The van der Waals surface area contributed by atoms with E-state index in [-0.39, 0.29) is 25.0 Å². The van der Waals surface area contributed by atoms with Gasteiger partial charge in [0, 0.05) is 0 Å². The van der Waals surface area contributed by atoms with Crippen LogP contribution in [0.5, 0.6) is 0 Å². The molecule has 5 nitrogen and oxygen atoms in total. The van der Waals surface area contributed by atoms with E-state index in [1.54, 1.807) is 0 Å². The summed E-state index contributed by atoms with van der Waals surface area (Å²) in [5, 5.41) is 10.1. The predicted octanol–water partition coefficient (Wildman–Crippen LogP) is 5.50. The van der Waals surface area contributed by atoms with Crippen molar-refractivity contribution < 1.29 is 24.2 Å². The smallest absolute Gasteiger partial charge is 0.312 e. The molecule has 0 saturated heterocycles. The summed E-state index contributed by atoms with van der Waals surface area (Å²) in [6.07, 6.45) is 12.0. The van der Waals surface area contributed by atoms with E-state index in [1.807, 2.05) is 36.4 Å². The Morgan fingerprint density at radius 1 is 1.06 bits per heavy atom. The molecule has 1 fully saturated rings. The Morgan fingerprint density at radius 3 is 2.50 bits per heavy atom. The minimum absolute atomic E-state index is 0.00661. The molecule has 0 aromatic heterocycles. The van der Waals surface area contributed by atoms with Crippen LogP contribution in [0, 0.1) is 11.3 Å². The van der Waals surface area contributed by atoms with Crippen LogP contribution in [0.3, 0.4) is 0 Å². The van der Waals surface area contributed by atoms with Crippen molar-refractivity contribution in [2.45, 2.75) is 89.8 Å². The summed E-state index contributed by atoms with van der Waals surface area (Å²) in [5.41, 5.74) is 1.03. The molecular formula is C27H38O5. The lowest BCUT2D eigenvalue weighted by Crippen LogP contribution is -2.37. The van der Waals surface area contributed by atoms with Crippen molar-refractivity contribution in [3.05, 3.63) is 47.5 Å². The molecule has 0 heterocycles. The largest absolute Gasteiger partial charge is 0.469 e. The van der Waals surface area contributed by atoms with Crippen molar-refractivity contribution in [1.82, 2.24) is 0 Å². The summed E-state index contributed by atoms with van der Waals surface area (Å²) < 4.78 is 10.8. The maximum atomic E-state index is 13.2. The van der Waals surface area contributed by atoms with Gasteiger partial charge in [0.15, 0.2) is 0 Å². The molecule has 1 aromatic rings. The Balaban J connectivity index is 1.75. The minimum atomic E-state index is -0.942. The fourth-order valence-electron chi connectivity index (χ4n) is 5.28. The summed E-state index contributed by atoms with van der Waals surface area (Å²) in [4.78, 5) is 26.1. The third-order valence-corrected chi connectivity index (χ3v) is 7.09. The second-order valence-corrected chi connectivity index (χ2v) is 9.60. The lowest BCUT2D eigenvalue weighted by atomic mass is 9.71. The zero-order valence-corrected chi connectivity index (χ0v) is 19.4. The van der Waals surface area contributed by atoms with E-state index >= 15 is 0 Å². The van der Waals surface area contributed by atoms with E-state index in [0.29, 0.717) is 18.8 Å². The van der Waals surface area contributed by atoms with Gasteiger partial charge >= 0.3 is 11.9 Å². The summed E-state index contributed by atoms with van der Waals surface area (Å²) in [7, 11) is 1.40. The number of hydrogen-bond acceptors (Lipinski definition) is 5. The lowest BCUT2D eigenvalue weighted by Gasteiger charge is -2.34. The van der Waals surface area contributed by atoms with Gasteiger partial charge in [-0.15, -0.1) is 0 Å². The molecule has 1 saturated carbocycles. The number of carbonyl (C=O) groups is 2. The highest BCUT2D eigenvalue weighted by Crippen LogP contribution is 2.42. The molecule has 0 radical (unpaired) electrons. The Bertz CT molecular complexity index is 766. The van der Waals surface area contributed by atoms with Gasteiger partial charge < -0.3 is 14.6 Å². The molecule has 0 spiro atoms. The van der Waals surface area contributed by atoms with Gasteiger partial charge in [-0.2, -0.15) is 0 Å². The molecular weight excluding hydrogens is 404 g/mol. The van der Waals surface area contributed by atoms with E-state index in [0.717, 1.165) is 36.8 Å². The Morgan fingerprint density at radius 2 is 1.81 bits per heavy atom. The molecule has 1 aromatic carbocycles. The third-order valence-electron chi connectivity index (χ3n) is 7.09. The molecule has 0 unspecified atom stereocenters.